The Morgan fingerprint density at radius 2 is 2.00 bits per heavy atom. The monoisotopic (exact) mass is 270 g/mol. The van der Waals surface area contributed by atoms with Gasteiger partial charge in [0.25, 0.3) is 0 Å². The highest BCUT2D eigenvalue weighted by molar-refractivity contribution is 6.36. The van der Waals surface area contributed by atoms with Gasteiger partial charge in [-0.25, -0.2) is 0 Å². The standard InChI is InChI=1S/C12H8Cl2O3/c13-7-1-3-9(10(14)5-7)11-4-2-8(17-11)6-12(15)16/h1-5H,6H2,(H,15,16). The highest BCUT2D eigenvalue weighted by atomic mass is 35.5. The topological polar surface area (TPSA) is 50.4 Å². The number of benzene rings is 1. The van der Waals surface area contributed by atoms with Crippen molar-refractivity contribution in [1.82, 2.24) is 0 Å². The first-order valence-electron chi connectivity index (χ1n) is 4.82. The van der Waals surface area contributed by atoms with Crippen LogP contribution in [0.3, 0.4) is 0 Å². The second-order valence-electron chi connectivity index (χ2n) is 3.46. The number of aliphatic carboxylic acids is 1. The van der Waals surface area contributed by atoms with Crippen LogP contribution in [-0.4, -0.2) is 11.1 Å². The van der Waals surface area contributed by atoms with Crippen LogP contribution in [-0.2, 0) is 11.2 Å². The molecule has 0 saturated heterocycles. The summed E-state index contributed by atoms with van der Waals surface area (Å²) in [4.78, 5) is 10.5. The van der Waals surface area contributed by atoms with Gasteiger partial charge in [0, 0.05) is 10.6 Å². The van der Waals surface area contributed by atoms with Gasteiger partial charge in [-0.05, 0) is 30.3 Å². The zero-order valence-electron chi connectivity index (χ0n) is 8.61. The van der Waals surface area contributed by atoms with Crippen LogP contribution in [0.2, 0.25) is 10.0 Å². The lowest BCUT2D eigenvalue weighted by Crippen LogP contribution is -1.97. The molecule has 0 aliphatic carbocycles. The first-order chi connectivity index (χ1) is 8.06. The van der Waals surface area contributed by atoms with Crippen molar-refractivity contribution in [3.8, 4) is 11.3 Å². The SMILES string of the molecule is O=C(O)Cc1ccc(-c2ccc(Cl)cc2Cl)o1. The predicted octanol–water partition coefficient (Wildman–Crippen LogP) is 3.88. The Morgan fingerprint density at radius 1 is 1.24 bits per heavy atom. The summed E-state index contributed by atoms with van der Waals surface area (Å²) in [5.41, 5.74) is 0.688. The summed E-state index contributed by atoms with van der Waals surface area (Å²) < 4.78 is 5.39. The van der Waals surface area contributed by atoms with Gasteiger partial charge < -0.3 is 9.52 Å². The van der Waals surface area contributed by atoms with Crippen LogP contribution in [0.5, 0.6) is 0 Å². The maximum absolute atomic E-state index is 10.5. The van der Waals surface area contributed by atoms with Crippen LogP contribution in [0, 0.1) is 0 Å². The highest BCUT2D eigenvalue weighted by Crippen LogP contribution is 2.31. The lowest BCUT2D eigenvalue weighted by Gasteiger charge is -2.01. The number of carboxylic acid groups (broad SMARTS) is 1. The third-order valence-electron chi connectivity index (χ3n) is 2.18. The Labute approximate surface area is 108 Å². The third-order valence-corrected chi connectivity index (χ3v) is 2.73. The molecule has 3 nitrogen and oxygen atoms in total. The summed E-state index contributed by atoms with van der Waals surface area (Å²) >= 11 is 11.8. The summed E-state index contributed by atoms with van der Waals surface area (Å²) in [7, 11) is 0. The molecule has 0 aliphatic heterocycles. The molecule has 5 heteroatoms. The second kappa shape index (κ2) is 4.82. The average Bonchev–Trinajstić information content (AvgIpc) is 2.65. The number of furan rings is 1. The number of rotatable bonds is 3. The molecule has 88 valence electrons. The minimum absolute atomic E-state index is 0.148. The third kappa shape index (κ3) is 2.81. The van der Waals surface area contributed by atoms with E-state index in [1.807, 2.05) is 0 Å². The van der Waals surface area contributed by atoms with Gasteiger partial charge in [-0.3, -0.25) is 4.79 Å². The van der Waals surface area contributed by atoms with Gasteiger partial charge in [0.2, 0.25) is 0 Å². The molecule has 0 fully saturated rings. The summed E-state index contributed by atoms with van der Waals surface area (Å²) in [5, 5.41) is 9.64. The Morgan fingerprint density at radius 3 is 2.65 bits per heavy atom. The predicted molar refractivity (Wildman–Crippen MR) is 65.5 cm³/mol. The smallest absolute Gasteiger partial charge is 0.311 e. The molecule has 2 rings (SSSR count). The van der Waals surface area contributed by atoms with Crippen LogP contribution < -0.4 is 0 Å². The normalized spacial score (nSPS) is 10.5. The van der Waals surface area contributed by atoms with E-state index in [1.165, 1.54) is 0 Å². The molecule has 0 radical (unpaired) electrons. The van der Waals surface area contributed by atoms with Crippen molar-refractivity contribution in [3.63, 3.8) is 0 Å². The first-order valence-corrected chi connectivity index (χ1v) is 5.58. The van der Waals surface area contributed by atoms with Crippen LogP contribution >= 0.6 is 23.2 Å². The molecular formula is C12H8Cl2O3. The van der Waals surface area contributed by atoms with Crippen LogP contribution in [0.15, 0.2) is 34.7 Å². The van der Waals surface area contributed by atoms with Crippen LogP contribution in [0.1, 0.15) is 5.76 Å². The minimum atomic E-state index is -0.937. The van der Waals surface area contributed by atoms with Gasteiger partial charge in [-0.15, -0.1) is 0 Å². The first kappa shape index (κ1) is 12.0. The fourth-order valence-corrected chi connectivity index (χ4v) is 1.96. The minimum Gasteiger partial charge on any atom is -0.481 e. The summed E-state index contributed by atoms with van der Waals surface area (Å²) in [6, 6.07) is 8.34. The van der Waals surface area contributed by atoms with Crippen molar-refractivity contribution < 1.29 is 14.3 Å². The summed E-state index contributed by atoms with van der Waals surface area (Å²) in [5.74, 6) is -0.0189. The number of halogens is 2. The molecule has 0 unspecified atom stereocenters. The number of carboxylic acids is 1. The van der Waals surface area contributed by atoms with Crippen molar-refractivity contribution in [2.75, 3.05) is 0 Å². The quantitative estimate of drug-likeness (QED) is 0.921. The summed E-state index contributed by atoms with van der Waals surface area (Å²) in [6.07, 6.45) is -0.148. The van der Waals surface area contributed by atoms with Crippen molar-refractivity contribution in [2.24, 2.45) is 0 Å². The van der Waals surface area contributed by atoms with E-state index < -0.39 is 5.97 Å². The molecule has 1 heterocycles. The van der Waals surface area contributed by atoms with E-state index in [2.05, 4.69) is 0 Å². The molecule has 0 bridgehead atoms. The van der Waals surface area contributed by atoms with Gasteiger partial charge >= 0.3 is 5.97 Å². The number of carbonyl (C=O) groups is 1. The van der Waals surface area contributed by atoms with Gasteiger partial charge in [0.05, 0.1) is 5.02 Å². The van der Waals surface area contributed by atoms with E-state index >= 15 is 0 Å². The maximum Gasteiger partial charge on any atom is 0.311 e. The number of hydrogen-bond acceptors (Lipinski definition) is 2. The molecule has 1 aromatic heterocycles. The summed E-state index contributed by atoms with van der Waals surface area (Å²) in [6.45, 7) is 0. The molecular weight excluding hydrogens is 263 g/mol. The molecule has 1 aromatic carbocycles. The van der Waals surface area contributed by atoms with Gasteiger partial charge in [-0.2, -0.15) is 0 Å². The van der Waals surface area contributed by atoms with E-state index in [9.17, 15) is 4.79 Å². The van der Waals surface area contributed by atoms with E-state index in [1.54, 1.807) is 30.3 Å². The van der Waals surface area contributed by atoms with Gasteiger partial charge in [0.15, 0.2) is 0 Å². The maximum atomic E-state index is 10.5. The Kier molecular flexibility index (Phi) is 3.41. The zero-order valence-corrected chi connectivity index (χ0v) is 10.1. The van der Waals surface area contributed by atoms with Crippen molar-refractivity contribution >= 4 is 29.2 Å². The molecule has 1 N–H and O–H groups in total. The Bertz CT molecular complexity index is 561. The molecule has 17 heavy (non-hydrogen) atoms. The fourth-order valence-electron chi connectivity index (χ4n) is 1.46. The van der Waals surface area contributed by atoms with Crippen LogP contribution in [0.25, 0.3) is 11.3 Å². The molecule has 0 spiro atoms. The Balaban J connectivity index is 2.33. The van der Waals surface area contributed by atoms with Crippen LogP contribution in [0.4, 0.5) is 0 Å². The molecule has 0 atom stereocenters. The van der Waals surface area contributed by atoms with Gasteiger partial charge in [0.1, 0.15) is 17.9 Å². The lowest BCUT2D eigenvalue weighted by molar-refractivity contribution is -0.136. The largest absolute Gasteiger partial charge is 0.481 e. The van der Waals surface area contributed by atoms with Crippen molar-refractivity contribution in [2.45, 2.75) is 6.42 Å². The zero-order chi connectivity index (χ0) is 12.4. The lowest BCUT2D eigenvalue weighted by atomic mass is 10.2. The molecule has 0 saturated carbocycles. The van der Waals surface area contributed by atoms with Crippen molar-refractivity contribution in [1.29, 1.82) is 0 Å². The van der Waals surface area contributed by atoms with Gasteiger partial charge in [-0.1, -0.05) is 23.2 Å². The molecule has 0 amide bonds. The molecule has 0 aliphatic rings. The van der Waals surface area contributed by atoms with E-state index in [0.717, 1.165) is 0 Å². The molecule has 2 aromatic rings. The van der Waals surface area contributed by atoms with E-state index in [0.29, 0.717) is 27.1 Å². The highest BCUT2D eigenvalue weighted by Gasteiger charge is 2.10. The second-order valence-corrected chi connectivity index (χ2v) is 4.30. The van der Waals surface area contributed by atoms with E-state index in [4.69, 9.17) is 32.7 Å². The fraction of sp³-hybridized carbons (Fsp3) is 0.0833. The Hall–Kier alpha value is -1.45. The van der Waals surface area contributed by atoms with E-state index in [-0.39, 0.29) is 6.42 Å². The number of hydrogen-bond donors (Lipinski definition) is 1. The van der Waals surface area contributed by atoms with Crippen molar-refractivity contribution in [3.05, 3.63) is 46.1 Å². The average molecular weight is 271 g/mol.